The molecule has 5 heteroatoms. The van der Waals surface area contributed by atoms with Gasteiger partial charge < -0.3 is 15.1 Å². The van der Waals surface area contributed by atoms with Crippen LogP contribution in [-0.2, 0) is 6.54 Å². The van der Waals surface area contributed by atoms with Crippen molar-refractivity contribution in [3.8, 4) is 11.6 Å². The van der Waals surface area contributed by atoms with Crippen molar-refractivity contribution in [3.05, 3.63) is 40.0 Å². The molecule has 0 saturated heterocycles. The van der Waals surface area contributed by atoms with E-state index in [1.165, 1.54) is 6.26 Å². The van der Waals surface area contributed by atoms with Gasteiger partial charge in [-0.1, -0.05) is 0 Å². The van der Waals surface area contributed by atoms with E-state index in [1.54, 1.807) is 19.1 Å². The minimum Gasteiger partial charge on any atom is -0.461 e. The molecule has 0 saturated carbocycles. The Bertz CT molecular complexity index is 514. The first-order valence-corrected chi connectivity index (χ1v) is 4.56. The number of aryl methyl sites for hydroxylation is 1. The highest BCUT2D eigenvalue weighted by Gasteiger charge is 2.09. The third kappa shape index (κ3) is 1.69. The molecule has 0 aromatic carbocycles. The number of nitrogens with zero attached hydrogens (tertiary/aromatic N) is 1. The van der Waals surface area contributed by atoms with Gasteiger partial charge in [0.1, 0.15) is 0 Å². The van der Waals surface area contributed by atoms with E-state index in [4.69, 9.17) is 10.2 Å². The smallest absolute Gasteiger partial charge is 0.255 e. The van der Waals surface area contributed by atoms with Gasteiger partial charge in [0.15, 0.2) is 11.6 Å². The van der Waals surface area contributed by atoms with Crippen molar-refractivity contribution < 1.29 is 4.42 Å². The van der Waals surface area contributed by atoms with E-state index in [-0.39, 0.29) is 12.1 Å². The molecule has 15 heavy (non-hydrogen) atoms. The second-order valence-electron chi connectivity index (χ2n) is 3.16. The number of H-pyrrole nitrogens is 1. The first-order valence-electron chi connectivity index (χ1n) is 4.56. The zero-order valence-corrected chi connectivity index (χ0v) is 8.28. The number of hydrogen-bond donors (Lipinski definition) is 2. The first kappa shape index (κ1) is 9.67. The number of nitrogens with one attached hydrogen (secondary N) is 1. The van der Waals surface area contributed by atoms with Crippen molar-refractivity contribution >= 4 is 0 Å². The molecule has 0 bridgehead atoms. The van der Waals surface area contributed by atoms with Crippen LogP contribution in [0.2, 0.25) is 0 Å². The molecular weight excluding hydrogens is 194 g/mol. The van der Waals surface area contributed by atoms with Crippen LogP contribution in [0.4, 0.5) is 0 Å². The van der Waals surface area contributed by atoms with Crippen LogP contribution in [0.1, 0.15) is 11.3 Å². The highest BCUT2D eigenvalue weighted by molar-refractivity contribution is 5.46. The van der Waals surface area contributed by atoms with E-state index in [2.05, 4.69) is 9.97 Å². The molecule has 0 spiro atoms. The van der Waals surface area contributed by atoms with Crippen molar-refractivity contribution in [2.75, 3.05) is 0 Å². The van der Waals surface area contributed by atoms with Gasteiger partial charge in [0, 0.05) is 12.2 Å². The first-order chi connectivity index (χ1) is 7.22. The standard InChI is InChI=1S/C10H11N3O2/c1-6-7(5-11)10(14)13-9(12-6)8-3-2-4-15-8/h2-4H,5,11H2,1H3,(H,12,13,14). The van der Waals surface area contributed by atoms with Crippen LogP contribution < -0.4 is 11.3 Å². The summed E-state index contributed by atoms with van der Waals surface area (Å²) in [7, 11) is 0. The minimum atomic E-state index is -0.212. The van der Waals surface area contributed by atoms with E-state index < -0.39 is 0 Å². The molecule has 2 heterocycles. The molecule has 2 aromatic heterocycles. The van der Waals surface area contributed by atoms with Gasteiger partial charge in [-0.2, -0.15) is 0 Å². The monoisotopic (exact) mass is 205 g/mol. The summed E-state index contributed by atoms with van der Waals surface area (Å²) < 4.78 is 5.14. The number of aromatic nitrogens is 2. The molecule has 0 unspecified atom stereocenters. The summed E-state index contributed by atoms with van der Waals surface area (Å²) in [5, 5.41) is 0. The van der Waals surface area contributed by atoms with Crippen LogP contribution >= 0.6 is 0 Å². The molecule has 0 aliphatic rings. The molecule has 78 valence electrons. The molecular formula is C10H11N3O2. The topological polar surface area (TPSA) is 84.9 Å². The lowest BCUT2D eigenvalue weighted by atomic mass is 10.2. The van der Waals surface area contributed by atoms with Gasteiger partial charge in [-0.15, -0.1) is 0 Å². The molecule has 0 radical (unpaired) electrons. The molecule has 2 aromatic rings. The Morgan fingerprint density at radius 2 is 2.40 bits per heavy atom. The molecule has 3 N–H and O–H groups in total. The highest BCUT2D eigenvalue weighted by atomic mass is 16.3. The molecule has 0 atom stereocenters. The zero-order valence-electron chi connectivity index (χ0n) is 8.28. The van der Waals surface area contributed by atoms with Crippen LogP contribution in [0, 0.1) is 6.92 Å². The van der Waals surface area contributed by atoms with Crippen molar-refractivity contribution in [2.45, 2.75) is 13.5 Å². The molecule has 0 aliphatic carbocycles. The van der Waals surface area contributed by atoms with Gasteiger partial charge in [-0.25, -0.2) is 4.98 Å². The van der Waals surface area contributed by atoms with Crippen LogP contribution in [0.3, 0.4) is 0 Å². The van der Waals surface area contributed by atoms with Crippen LogP contribution in [0.25, 0.3) is 11.6 Å². The summed E-state index contributed by atoms with van der Waals surface area (Å²) in [6.07, 6.45) is 1.53. The van der Waals surface area contributed by atoms with Crippen molar-refractivity contribution in [2.24, 2.45) is 5.73 Å². The lowest BCUT2D eigenvalue weighted by Gasteiger charge is -2.02. The number of rotatable bonds is 2. The second kappa shape index (κ2) is 3.70. The van der Waals surface area contributed by atoms with Gasteiger partial charge in [0.05, 0.1) is 11.8 Å². The Kier molecular flexibility index (Phi) is 2.39. The summed E-state index contributed by atoms with van der Waals surface area (Å²) >= 11 is 0. The van der Waals surface area contributed by atoms with Crippen LogP contribution in [0.5, 0.6) is 0 Å². The van der Waals surface area contributed by atoms with Gasteiger partial charge in [0.25, 0.3) is 5.56 Å². The fourth-order valence-corrected chi connectivity index (χ4v) is 1.38. The fraction of sp³-hybridized carbons (Fsp3) is 0.200. The van der Waals surface area contributed by atoms with Crippen molar-refractivity contribution in [1.82, 2.24) is 9.97 Å². The molecule has 0 fully saturated rings. The largest absolute Gasteiger partial charge is 0.461 e. The van der Waals surface area contributed by atoms with E-state index >= 15 is 0 Å². The Labute approximate surface area is 86.0 Å². The fourth-order valence-electron chi connectivity index (χ4n) is 1.38. The van der Waals surface area contributed by atoms with Crippen LogP contribution in [-0.4, -0.2) is 9.97 Å². The number of aromatic amines is 1. The second-order valence-corrected chi connectivity index (χ2v) is 3.16. The van der Waals surface area contributed by atoms with Gasteiger partial charge in [0.2, 0.25) is 0 Å². The maximum Gasteiger partial charge on any atom is 0.255 e. The predicted octanol–water partition coefficient (Wildman–Crippen LogP) is 0.797. The Balaban J connectivity index is 2.58. The summed E-state index contributed by atoms with van der Waals surface area (Å²) in [5.41, 5.74) is 6.36. The van der Waals surface area contributed by atoms with E-state index in [1.807, 2.05) is 0 Å². The summed E-state index contributed by atoms with van der Waals surface area (Å²) in [4.78, 5) is 18.4. The summed E-state index contributed by atoms with van der Waals surface area (Å²) in [6, 6.07) is 3.47. The van der Waals surface area contributed by atoms with E-state index in [0.29, 0.717) is 22.8 Å². The molecule has 0 aliphatic heterocycles. The third-order valence-electron chi connectivity index (χ3n) is 2.18. The Hall–Kier alpha value is -1.88. The van der Waals surface area contributed by atoms with Gasteiger partial charge >= 0.3 is 0 Å². The average molecular weight is 205 g/mol. The van der Waals surface area contributed by atoms with E-state index in [0.717, 1.165) is 0 Å². The third-order valence-corrected chi connectivity index (χ3v) is 2.18. The van der Waals surface area contributed by atoms with Crippen molar-refractivity contribution in [3.63, 3.8) is 0 Å². The molecule has 0 amide bonds. The van der Waals surface area contributed by atoms with E-state index in [9.17, 15) is 4.79 Å². The molecule has 2 rings (SSSR count). The van der Waals surface area contributed by atoms with Crippen LogP contribution in [0.15, 0.2) is 27.6 Å². The Morgan fingerprint density at radius 3 is 2.93 bits per heavy atom. The summed E-state index contributed by atoms with van der Waals surface area (Å²) in [6.45, 7) is 1.94. The highest BCUT2D eigenvalue weighted by Crippen LogP contribution is 2.14. The lowest BCUT2D eigenvalue weighted by molar-refractivity contribution is 0.576. The number of hydrogen-bond acceptors (Lipinski definition) is 4. The molecule has 5 nitrogen and oxygen atoms in total. The van der Waals surface area contributed by atoms with Gasteiger partial charge in [-0.3, -0.25) is 4.79 Å². The summed E-state index contributed by atoms with van der Waals surface area (Å²) in [5.74, 6) is 0.971. The lowest BCUT2D eigenvalue weighted by Crippen LogP contribution is -2.20. The SMILES string of the molecule is Cc1nc(-c2ccco2)[nH]c(=O)c1CN. The van der Waals surface area contributed by atoms with Gasteiger partial charge in [-0.05, 0) is 19.1 Å². The number of furan rings is 1. The van der Waals surface area contributed by atoms with Crippen molar-refractivity contribution in [1.29, 1.82) is 0 Å². The average Bonchev–Trinajstić information content (AvgIpc) is 2.69. The Morgan fingerprint density at radius 1 is 1.60 bits per heavy atom. The predicted molar refractivity (Wildman–Crippen MR) is 55.2 cm³/mol. The normalized spacial score (nSPS) is 10.5. The maximum atomic E-state index is 11.6. The minimum absolute atomic E-state index is 0.187. The zero-order chi connectivity index (χ0) is 10.8. The number of nitrogens with two attached hydrogens (primary N) is 1. The maximum absolute atomic E-state index is 11.6. The quantitative estimate of drug-likeness (QED) is 0.759.